The molecule has 0 aliphatic heterocycles. The molecule has 1 rings (SSSR count). The molecule has 0 bridgehead atoms. The molecule has 0 saturated carbocycles. The first-order valence-electron chi connectivity index (χ1n) is 6.61. The maximum Gasteiger partial charge on any atom is 0.339 e. The number of hydrogen-bond donors (Lipinski definition) is 3. The van der Waals surface area contributed by atoms with Crippen LogP contribution in [0.15, 0.2) is 24.4 Å². The molecular formula is C13H18ClFN4O3S. The molecule has 0 atom stereocenters. The number of anilines is 1. The molecule has 0 saturated heterocycles. The van der Waals surface area contributed by atoms with Crippen LogP contribution < -0.4 is 15.9 Å². The van der Waals surface area contributed by atoms with Crippen LogP contribution in [0.25, 0.3) is 0 Å². The second kappa shape index (κ2) is 7.62. The lowest BCUT2D eigenvalue weighted by molar-refractivity contribution is 0.0979. The number of benzene rings is 1. The van der Waals surface area contributed by atoms with Crippen LogP contribution in [0.5, 0.6) is 0 Å². The second-order valence-electron chi connectivity index (χ2n) is 4.70. The van der Waals surface area contributed by atoms with Gasteiger partial charge < -0.3 is 5.73 Å². The van der Waals surface area contributed by atoms with Crippen LogP contribution in [0, 0.1) is 5.82 Å². The molecule has 0 aliphatic rings. The lowest BCUT2D eigenvalue weighted by Crippen LogP contribution is -2.49. The quantitative estimate of drug-likeness (QED) is 0.505. The number of nitrogen functional groups attached to an aromatic ring is 1. The molecule has 0 radical (unpaired) electrons. The van der Waals surface area contributed by atoms with Crippen LogP contribution in [-0.2, 0) is 10.2 Å². The predicted octanol–water partition coefficient (Wildman–Crippen LogP) is 1.79. The standard InChI is InChI=1S/C13H18ClFN4O3S/c1-4-5-17-19(8(2)3)23(21,22)18-13(20)9-6-12(16)11(15)7-10(9)14/h6-7,17H,2,4-5,16H2,1,3H3,(H,18,20). The normalized spacial score (nSPS) is 11.1. The number of nitrogens with zero attached hydrogens (tertiary/aromatic N) is 1. The molecule has 0 unspecified atom stereocenters. The Morgan fingerprint density at radius 3 is 2.61 bits per heavy atom. The maximum absolute atomic E-state index is 13.2. The molecule has 0 spiro atoms. The van der Waals surface area contributed by atoms with Crippen molar-refractivity contribution in [3.8, 4) is 0 Å². The molecule has 4 N–H and O–H groups in total. The lowest BCUT2D eigenvalue weighted by atomic mass is 10.2. The van der Waals surface area contributed by atoms with Gasteiger partial charge in [0.2, 0.25) is 0 Å². The van der Waals surface area contributed by atoms with Crippen LogP contribution in [0.1, 0.15) is 30.6 Å². The van der Waals surface area contributed by atoms with E-state index in [0.29, 0.717) is 13.0 Å². The Labute approximate surface area is 139 Å². The zero-order valence-corrected chi connectivity index (χ0v) is 14.3. The molecular weight excluding hydrogens is 347 g/mol. The monoisotopic (exact) mass is 364 g/mol. The van der Waals surface area contributed by atoms with Crippen molar-refractivity contribution in [3.05, 3.63) is 40.8 Å². The van der Waals surface area contributed by atoms with Crippen molar-refractivity contribution in [3.63, 3.8) is 0 Å². The fraction of sp³-hybridized carbons (Fsp3) is 0.308. The zero-order chi connectivity index (χ0) is 17.8. The van der Waals surface area contributed by atoms with E-state index in [9.17, 15) is 17.6 Å². The largest absolute Gasteiger partial charge is 0.396 e. The summed E-state index contributed by atoms with van der Waals surface area (Å²) in [6, 6.07) is 1.80. The van der Waals surface area contributed by atoms with Crippen molar-refractivity contribution in [2.45, 2.75) is 20.3 Å². The van der Waals surface area contributed by atoms with Crippen molar-refractivity contribution in [2.75, 3.05) is 12.3 Å². The van der Waals surface area contributed by atoms with Crippen LogP contribution in [0.4, 0.5) is 10.1 Å². The summed E-state index contributed by atoms with van der Waals surface area (Å²) in [5.41, 5.74) is 7.56. The molecule has 128 valence electrons. The summed E-state index contributed by atoms with van der Waals surface area (Å²) in [5.74, 6) is -1.84. The SMILES string of the molecule is C=C(C)N(NCCC)S(=O)(=O)NC(=O)c1cc(N)c(F)cc1Cl. The van der Waals surface area contributed by atoms with E-state index >= 15 is 0 Å². The van der Waals surface area contributed by atoms with Gasteiger partial charge >= 0.3 is 10.2 Å². The average Bonchev–Trinajstić information content (AvgIpc) is 2.41. The van der Waals surface area contributed by atoms with Crippen molar-refractivity contribution in [1.29, 1.82) is 0 Å². The van der Waals surface area contributed by atoms with Gasteiger partial charge in [-0.3, -0.25) is 4.79 Å². The Morgan fingerprint density at radius 1 is 1.48 bits per heavy atom. The van der Waals surface area contributed by atoms with Crippen LogP contribution in [-0.4, -0.2) is 25.3 Å². The van der Waals surface area contributed by atoms with Gasteiger partial charge in [-0.1, -0.05) is 25.1 Å². The van der Waals surface area contributed by atoms with E-state index in [1.54, 1.807) is 0 Å². The highest BCUT2D eigenvalue weighted by Gasteiger charge is 2.25. The fourth-order valence-electron chi connectivity index (χ4n) is 1.60. The highest BCUT2D eigenvalue weighted by atomic mass is 35.5. The first-order chi connectivity index (χ1) is 10.6. The summed E-state index contributed by atoms with van der Waals surface area (Å²) in [5, 5.41) is -0.257. The number of nitrogens with two attached hydrogens (primary N) is 1. The number of rotatable bonds is 7. The minimum atomic E-state index is -4.25. The molecule has 0 heterocycles. The number of carbonyl (C=O) groups is 1. The van der Waals surface area contributed by atoms with E-state index in [1.165, 1.54) is 6.92 Å². The molecule has 7 nitrogen and oxygen atoms in total. The highest BCUT2D eigenvalue weighted by Crippen LogP contribution is 2.22. The van der Waals surface area contributed by atoms with Crippen molar-refractivity contribution < 1.29 is 17.6 Å². The first kappa shape index (κ1) is 19.2. The van der Waals surface area contributed by atoms with Crippen molar-refractivity contribution >= 4 is 33.4 Å². The third-order valence-corrected chi connectivity index (χ3v) is 4.32. The third-order valence-electron chi connectivity index (χ3n) is 2.65. The Balaban J connectivity index is 3.07. The smallest absolute Gasteiger partial charge is 0.339 e. The molecule has 0 aliphatic carbocycles. The van der Waals surface area contributed by atoms with Gasteiger partial charge in [-0.15, -0.1) is 0 Å². The van der Waals surface area contributed by atoms with Gasteiger partial charge in [0.15, 0.2) is 0 Å². The van der Waals surface area contributed by atoms with E-state index in [0.717, 1.165) is 16.5 Å². The molecule has 0 aromatic heterocycles. The Bertz CT molecular complexity index is 724. The topological polar surface area (TPSA) is 105 Å². The van der Waals surface area contributed by atoms with Gasteiger partial charge in [0, 0.05) is 12.2 Å². The average molecular weight is 365 g/mol. The van der Waals surface area contributed by atoms with Crippen LogP contribution in [0.2, 0.25) is 5.02 Å². The minimum absolute atomic E-state index is 0.156. The number of hydrogen-bond acceptors (Lipinski definition) is 5. The molecule has 1 aromatic rings. The van der Waals surface area contributed by atoms with Gasteiger partial charge in [0.05, 0.1) is 16.3 Å². The second-order valence-corrected chi connectivity index (χ2v) is 6.62. The van der Waals surface area contributed by atoms with Gasteiger partial charge in [0.25, 0.3) is 5.91 Å². The minimum Gasteiger partial charge on any atom is -0.396 e. The predicted molar refractivity (Wildman–Crippen MR) is 87.2 cm³/mol. The fourth-order valence-corrected chi connectivity index (χ4v) is 2.94. The Morgan fingerprint density at radius 2 is 2.09 bits per heavy atom. The number of nitrogens with one attached hydrogen (secondary N) is 2. The molecule has 1 amide bonds. The van der Waals surface area contributed by atoms with Gasteiger partial charge in [-0.25, -0.2) is 14.5 Å². The van der Waals surface area contributed by atoms with E-state index in [-0.39, 0.29) is 22.0 Å². The number of halogens is 2. The Kier molecular flexibility index (Phi) is 6.37. The zero-order valence-electron chi connectivity index (χ0n) is 12.7. The lowest BCUT2D eigenvalue weighted by Gasteiger charge is -2.24. The van der Waals surface area contributed by atoms with E-state index in [2.05, 4.69) is 12.0 Å². The number of hydrazine groups is 1. The summed E-state index contributed by atoms with van der Waals surface area (Å²) in [4.78, 5) is 12.1. The maximum atomic E-state index is 13.2. The number of amides is 1. The molecule has 1 aromatic carbocycles. The summed E-state index contributed by atoms with van der Waals surface area (Å²) in [6.45, 7) is 7.19. The molecule has 10 heteroatoms. The third kappa shape index (κ3) is 4.81. The molecule has 23 heavy (non-hydrogen) atoms. The highest BCUT2D eigenvalue weighted by molar-refractivity contribution is 7.87. The van der Waals surface area contributed by atoms with Crippen LogP contribution in [0.3, 0.4) is 0 Å². The van der Waals surface area contributed by atoms with E-state index in [4.69, 9.17) is 17.3 Å². The Hall–Kier alpha value is -1.84. The van der Waals surface area contributed by atoms with E-state index < -0.39 is 21.9 Å². The summed E-state index contributed by atoms with van der Waals surface area (Å²) in [6.07, 6.45) is 0.660. The van der Waals surface area contributed by atoms with Gasteiger partial charge in [-0.05, 0) is 25.5 Å². The summed E-state index contributed by atoms with van der Waals surface area (Å²) in [7, 11) is -4.25. The van der Waals surface area contributed by atoms with E-state index in [1.807, 2.05) is 11.6 Å². The van der Waals surface area contributed by atoms with Crippen molar-refractivity contribution in [2.24, 2.45) is 0 Å². The summed E-state index contributed by atoms with van der Waals surface area (Å²) < 4.78 is 40.3. The van der Waals surface area contributed by atoms with Gasteiger partial charge in [0.1, 0.15) is 5.82 Å². The first-order valence-corrected chi connectivity index (χ1v) is 8.42. The van der Waals surface area contributed by atoms with Crippen LogP contribution >= 0.6 is 11.6 Å². The van der Waals surface area contributed by atoms with Crippen molar-refractivity contribution in [1.82, 2.24) is 14.6 Å². The molecule has 0 fully saturated rings. The van der Waals surface area contributed by atoms with Gasteiger partial charge in [-0.2, -0.15) is 12.8 Å². The number of carbonyl (C=O) groups excluding carboxylic acids is 1. The summed E-state index contributed by atoms with van der Waals surface area (Å²) >= 11 is 5.75. The number of allylic oxidation sites excluding steroid dienone is 1.